The van der Waals surface area contributed by atoms with E-state index in [0.29, 0.717) is 24.3 Å². The number of hydrogen-bond acceptors (Lipinski definition) is 3. The van der Waals surface area contributed by atoms with Crippen LogP contribution in [0.4, 0.5) is 4.39 Å². The van der Waals surface area contributed by atoms with E-state index in [1.54, 1.807) is 18.2 Å². The summed E-state index contributed by atoms with van der Waals surface area (Å²) in [5.41, 5.74) is 0.421. The van der Waals surface area contributed by atoms with Gasteiger partial charge in [-0.1, -0.05) is 15.9 Å². The second-order valence-electron chi connectivity index (χ2n) is 3.92. The lowest BCUT2D eigenvalue weighted by molar-refractivity contribution is 0.0729. The summed E-state index contributed by atoms with van der Waals surface area (Å²) in [6.07, 6.45) is -0.884. The predicted molar refractivity (Wildman–Crippen MR) is 65.7 cm³/mol. The molecule has 1 aliphatic heterocycles. The van der Waals surface area contributed by atoms with Gasteiger partial charge in [0.05, 0.1) is 5.56 Å². The van der Waals surface area contributed by atoms with Crippen molar-refractivity contribution in [1.82, 2.24) is 5.32 Å². The summed E-state index contributed by atoms with van der Waals surface area (Å²) in [6, 6.07) is 7.19. The molecule has 1 N–H and O–H groups in total. The number of nitrogens with zero attached hydrogens (tertiary/aromatic N) is 1. The highest BCUT2D eigenvalue weighted by Crippen LogP contribution is 2.25. The van der Waals surface area contributed by atoms with Crippen molar-refractivity contribution in [3.8, 4) is 11.8 Å². The Kier molecular flexibility index (Phi) is 3.97. The molecule has 2 atom stereocenters. The lowest BCUT2D eigenvalue weighted by Gasteiger charge is -2.27. The number of piperidine rings is 1. The predicted octanol–water partition coefficient (Wildman–Crippen LogP) is 2.40. The minimum Gasteiger partial charge on any atom is -0.486 e. The molecular formula is C12H12BrFN2O. The molecule has 1 heterocycles. The second-order valence-corrected chi connectivity index (χ2v) is 4.83. The third-order valence-electron chi connectivity index (χ3n) is 2.69. The molecule has 0 aliphatic carbocycles. The standard InChI is InChI=1S/C12H12BrFN2O/c13-9-1-2-11(8(5-9)6-15)17-12-3-4-16-7-10(12)14/h1-2,5,10,12,16H,3-4,7H2/t10-,12+/m1/s1. The van der Waals surface area contributed by atoms with Gasteiger partial charge in [-0.3, -0.25) is 0 Å². The fourth-order valence-electron chi connectivity index (χ4n) is 1.78. The van der Waals surface area contributed by atoms with Crippen LogP contribution in [0.25, 0.3) is 0 Å². The lowest BCUT2D eigenvalue weighted by Crippen LogP contribution is -2.44. The van der Waals surface area contributed by atoms with Crippen LogP contribution in [-0.4, -0.2) is 25.4 Å². The molecule has 0 bridgehead atoms. The molecule has 5 heteroatoms. The molecular weight excluding hydrogens is 287 g/mol. The lowest BCUT2D eigenvalue weighted by atomic mass is 10.1. The minimum atomic E-state index is -1.03. The van der Waals surface area contributed by atoms with Crippen LogP contribution in [0, 0.1) is 11.3 Å². The Morgan fingerprint density at radius 3 is 3.06 bits per heavy atom. The maximum Gasteiger partial charge on any atom is 0.149 e. The zero-order chi connectivity index (χ0) is 12.3. The average Bonchev–Trinajstić information content (AvgIpc) is 2.34. The smallest absolute Gasteiger partial charge is 0.149 e. The fraction of sp³-hybridized carbons (Fsp3) is 0.417. The highest BCUT2D eigenvalue weighted by atomic mass is 79.9. The summed E-state index contributed by atoms with van der Waals surface area (Å²) in [6.45, 7) is 1.05. The van der Waals surface area contributed by atoms with E-state index in [9.17, 15) is 4.39 Å². The van der Waals surface area contributed by atoms with Gasteiger partial charge in [0.2, 0.25) is 0 Å². The summed E-state index contributed by atoms with van der Waals surface area (Å²) in [4.78, 5) is 0. The summed E-state index contributed by atoms with van der Waals surface area (Å²) < 4.78 is 20.0. The van der Waals surface area contributed by atoms with E-state index >= 15 is 0 Å². The number of benzene rings is 1. The van der Waals surface area contributed by atoms with Crippen LogP contribution < -0.4 is 10.1 Å². The molecule has 0 saturated carbocycles. The zero-order valence-electron chi connectivity index (χ0n) is 9.12. The Bertz CT molecular complexity index is 447. The number of hydrogen-bond donors (Lipinski definition) is 1. The Labute approximate surface area is 108 Å². The molecule has 1 saturated heterocycles. The molecule has 0 aromatic heterocycles. The Hall–Kier alpha value is -1.12. The molecule has 3 nitrogen and oxygen atoms in total. The fourth-order valence-corrected chi connectivity index (χ4v) is 2.15. The number of ether oxygens (including phenoxy) is 1. The van der Waals surface area contributed by atoms with Gasteiger partial charge in [-0.15, -0.1) is 0 Å². The third kappa shape index (κ3) is 2.96. The van der Waals surface area contributed by atoms with Crippen molar-refractivity contribution in [2.45, 2.75) is 18.7 Å². The average molecular weight is 299 g/mol. The molecule has 0 spiro atoms. The van der Waals surface area contributed by atoms with Crippen molar-refractivity contribution in [1.29, 1.82) is 5.26 Å². The molecule has 2 rings (SSSR count). The van der Waals surface area contributed by atoms with Crippen molar-refractivity contribution in [3.05, 3.63) is 28.2 Å². The molecule has 90 valence electrons. The maximum absolute atomic E-state index is 13.6. The van der Waals surface area contributed by atoms with Crippen LogP contribution in [0.3, 0.4) is 0 Å². The second kappa shape index (κ2) is 5.48. The van der Waals surface area contributed by atoms with Gasteiger partial charge < -0.3 is 10.1 Å². The molecule has 1 aliphatic rings. The summed E-state index contributed by atoms with van der Waals surface area (Å²) >= 11 is 3.28. The van der Waals surface area contributed by atoms with Crippen molar-refractivity contribution >= 4 is 15.9 Å². The zero-order valence-corrected chi connectivity index (χ0v) is 10.7. The van der Waals surface area contributed by atoms with Gasteiger partial charge >= 0.3 is 0 Å². The van der Waals surface area contributed by atoms with Crippen molar-refractivity contribution < 1.29 is 9.13 Å². The topological polar surface area (TPSA) is 45.0 Å². The molecule has 1 aromatic carbocycles. The van der Waals surface area contributed by atoms with Gasteiger partial charge in [0, 0.05) is 11.0 Å². The van der Waals surface area contributed by atoms with E-state index in [4.69, 9.17) is 10.00 Å². The highest BCUT2D eigenvalue weighted by molar-refractivity contribution is 9.10. The van der Waals surface area contributed by atoms with E-state index in [-0.39, 0.29) is 0 Å². The summed E-state index contributed by atoms with van der Waals surface area (Å²) in [5, 5.41) is 11.9. The largest absolute Gasteiger partial charge is 0.486 e. The van der Waals surface area contributed by atoms with Crippen LogP contribution >= 0.6 is 15.9 Å². The first-order valence-corrected chi connectivity index (χ1v) is 6.21. The first kappa shape index (κ1) is 12.3. The summed E-state index contributed by atoms with van der Waals surface area (Å²) in [7, 11) is 0. The van der Waals surface area contributed by atoms with Crippen molar-refractivity contribution in [2.24, 2.45) is 0 Å². The number of rotatable bonds is 2. The third-order valence-corrected chi connectivity index (χ3v) is 3.18. The molecule has 0 radical (unpaired) electrons. The Morgan fingerprint density at radius 2 is 2.35 bits per heavy atom. The van der Waals surface area contributed by atoms with Gasteiger partial charge in [-0.05, 0) is 31.2 Å². The van der Waals surface area contributed by atoms with Gasteiger partial charge in [0.1, 0.15) is 24.1 Å². The first-order chi connectivity index (χ1) is 8.20. The van der Waals surface area contributed by atoms with Gasteiger partial charge in [0.15, 0.2) is 0 Å². The monoisotopic (exact) mass is 298 g/mol. The van der Waals surface area contributed by atoms with Crippen molar-refractivity contribution in [2.75, 3.05) is 13.1 Å². The molecule has 17 heavy (non-hydrogen) atoms. The number of nitriles is 1. The van der Waals surface area contributed by atoms with E-state index in [1.807, 2.05) is 6.07 Å². The molecule has 1 fully saturated rings. The molecule has 0 unspecified atom stereocenters. The van der Waals surface area contributed by atoms with Crippen LogP contribution in [-0.2, 0) is 0 Å². The Morgan fingerprint density at radius 1 is 1.53 bits per heavy atom. The normalized spacial score (nSPS) is 24.1. The van der Waals surface area contributed by atoms with Crippen LogP contribution in [0.15, 0.2) is 22.7 Å². The number of nitrogens with one attached hydrogen (secondary N) is 1. The van der Waals surface area contributed by atoms with Gasteiger partial charge in [0.25, 0.3) is 0 Å². The minimum absolute atomic E-state index is 0.309. The van der Waals surface area contributed by atoms with Crippen LogP contribution in [0.2, 0.25) is 0 Å². The molecule has 1 aromatic rings. The van der Waals surface area contributed by atoms with Crippen LogP contribution in [0.5, 0.6) is 5.75 Å². The number of alkyl halides is 1. The van der Waals surface area contributed by atoms with E-state index in [2.05, 4.69) is 21.2 Å². The highest BCUT2D eigenvalue weighted by Gasteiger charge is 2.26. The van der Waals surface area contributed by atoms with Crippen molar-refractivity contribution in [3.63, 3.8) is 0 Å². The maximum atomic E-state index is 13.6. The summed E-state index contributed by atoms with van der Waals surface area (Å²) in [5.74, 6) is 0.449. The molecule has 0 amide bonds. The van der Waals surface area contributed by atoms with E-state index < -0.39 is 12.3 Å². The van der Waals surface area contributed by atoms with Gasteiger partial charge in [-0.25, -0.2) is 4.39 Å². The van der Waals surface area contributed by atoms with E-state index in [1.165, 1.54) is 0 Å². The van der Waals surface area contributed by atoms with Gasteiger partial charge in [-0.2, -0.15) is 5.26 Å². The quantitative estimate of drug-likeness (QED) is 0.912. The SMILES string of the molecule is N#Cc1cc(Br)ccc1O[C@H]1CCNC[C@H]1F. The van der Waals surface area contributed by atoms with Crippen LogP contribution in [0.1, 0.15) is 12.0 Å². The van der Waals surface area contributed by atoms with E-state index in [0.717, 1.165) is 11.0 Å². The first-order valence-electron chi connectivity index (χ1n) is 5.42. The number of halogens is 2. The Balaban J connectivity index is 2.15.